The average molecular weight is 1100 g/mol. The summed E-state index contributed by atoms with van der Waals surface area (Å²) in [4.78, 5) is 25.6. The summed E-state index contributed by atoms with van der Waals surface area (Å²) in [5.41, 5.74) is 0. The maximum absolute atomic E-state index is 13.0. The van der Waals surface area contributed by atoms with Crippen LogP contribution in [-0.4, -0.2) is 68.5 Å². The van der Waals surface area contributed by atoms with Crippen LogP contribution in [0.15, 0.2) is 0 Å². The van der Waals surface area contributed by atoms with Crippen molar-refractivity contribution in [2.45, 2.75) is 386 Å². The molecule has 0 saturated carbocycles. The zero-order valence-corrected chi connectivity index (χ0v) is 53.2. The number of aliphatic hydroxyl groups is 1. The minimum Gasteiger partial charge on any atom is -0.756 e. The molecule has 0 aliphatic heterocycles. The van der Waals surface area contributed by atoms with Gasteiger partial charge in [0, 0.05) is 6.42 Å². The van der Waals surface area contributed by atoms with E-state index in [4.69, 9.17) is 9.05 Å². The molecule has 0 rings (SSSR count). The Morgan fingerprint density at radius 1 is 0.408 bits per heavy atom. The fraction of sp³-hybridized carbons (Fsp3) is 0.985. The first-order valence-corrected chi connectivity index (χ1v) is 35.8. The highest BCUT2D eigenvalue weighted by atomic mass is 31.2. The molecule has 8 nitrogen and oxygen atoms in total. The largest absolute Gasteiger partial charge is 0.756 e. The standard InChI is InChI=1S/C67H137N2O6P/c1-6-8-10-12-14-16-18-20-22-24-26-28-29-30-31-32-33-34-35-36-37-38-39-40-41-43-45-47-49-51-53-55-57-59-61-67(71)68-65(64-75-76(72,73)74-63-62-69(3,4)5)66(70)60-58-56-54-52-50-48-46-44-42-27-25-23-21-19-17-15-13-11-9-7-2/h65-66,70H,6-64H2,1-5H3,(H-,68,71,72,73). The van der Waals surface area contributed by atoms with Crippen LogP contribution in [0, 0.1) is 0 Å². The monoisotopic (exact) mass is 1100 g/mol. The molecule has 0 aliphatic rings. The normalized spacial score (nSPS) is 13.6. The number of phosphoric acid groups is 1. The lowest BCUT2D eigenvalue weighted by Gasteiger charge is -2.30. The summed E-state index contributed by atoms with van der Waals surface area (Å²) in [6.07, 6.45) is 73.2. The fourth-order valence-electron chi connectivity index (χ4n) is 11.0. The van der Waals surface area contributed by atoms with Gasteiger partial charge in [-0.1, -0.05) is 354 Å². The van der Waals surface area contributed by atoms with E-state index in [0.29, 0.717) is 23.9 Å². The summed E-state index contributed by atoms with van der Waals surface area (Å²) in [5.74, 6) is -0.154. The number of hydrogen-bond donors (Lipinski definition) is 2. The number of unbranched alkanes of at least 4 members (excludes halogenated alkanes) is 52. The highest BCUT2D eigenvalue weighted by Crippen LogP contribution is 2.38. The van der Waals surface area contributed by atoms with Crippen molar-refractivity contribution in [1.29, 1.82) is 0 Å². The van der Waals surface area contributed by atoms with Crippen molar-refractivity contribution in [1.82, 2.24) is 5.32 Å². The van der Waals surface area contributed by atoms with Crippen LogP contribution in [0.3, 0.4) is 0 Å². The van der Waals surface area contributed by atoms with Crippen LogP contribution in [0.25, 0.3) is 0 Å². The molecule has 0 radical (unpaired) electrons. The summed E-state index contributed by atoms with van der Waals surface area (Å²) in [7, 11) is 1.33. The zero-order valence-electron chi connectivity index (χ0n) is 52.3. The molecular weight excluding hydrogens is 960 g/mol. The molecule has 0 aromatic heterocycles. The SMILES string of the molecule is CCCCCCCCCCCCCCCCCCCCCCCCCCCCCCCCCCCCC(=O)NC(COP(=O)([O-])OCC[N+](C)(C)C)C(O)CCCCCCCCCCCCCCCCCCCCCC. The predicted molar refractivity (Wildman–Crippen MR) is 330 cm³/mol. The van der Waals surface area contributed by atoms with Crippen LogP contribution in [0.2, 0.25) is 0 Å². The van der Waals surface area contributed by atoms with Gasteiger partial charge in [0.1, 0.15) is 13.2 Å². The Balaban J connectivity index is 3.93. The smallest absolute Gasteiger partial charge is 0.268 e. The first-order chi connectivity index (χ1) is 37.0. The molecule has 0 aliphatic carbocycles. The average Bonchev–Trinajstić information content (AvgIpc) is 3.38. The van der Waals surface area contributed by atoms with E-state index in [1.807, 2.05) is 21.1 Å². The van der Waals surface area contributed by atoms with Crippen LogP contribution < -0.4 is 10.2 Å². The Bertz CT molecular complexity index is 1200. The minimum atomic E-state index is -4.57. The van der Waals surface area contributed by atoms with Crippen molar-refractivity contribution in [2.75, 3.05) is 40.9 Å². The third-order valence-electron chi connectivity index (χ3n) is 16.3. The van der Waals surface area contributed by atoms with Crippen LogP contribution in [-0.2, 0) is 18.4 Å². The van der Waals surface area contributed by atoms with Crippen molar-refractivity contribution >= 4 is 13.7 Å². The molecule has 0 spiro atoms. The van der Waals surface area contributed by atoms with Gasteiger partial charge >= 0.3 is 0 Å². The minimum absolute atomic E-state index is 0.0169. The van der Waals surface area contributed by atoms with Gasteiger partial charge in [-0.15, -0.1) is 0 Å². The molecule has 0 fully saturated rings. The van der Waals surface area contributed by atoms with Crippen LogP contribution in [0.1, 0.15) is 373 Å². The molecule has 76 heavy (non-hydrogen) atoms. The molecule has 9 heteroatoms. The summed E-state index contributed by atoms with van der Waals surface area (Å²) in [6.45, 7) is 4.79. The molecule has 0 aromatic carbocycles. The molecule has 3 unspecified atom stereocenters. The molecule has 0 saturated heterocycles. The molecule has 2 N–H and O–H groups in total. The summed E-state index contributed by atoms with van der Waals surface area (Å²) in [5, 5.41) is 14.1. The lowest BCUT2D eigenvalue weighted by atomic mass is 10.0. The number of rotatable bonds is 65. The highest BCUT2D eigenvalue weighted by molar-refractivity contribution is 7.45. The van der Waals surface area contributed by atoms with Gasteiger partial charge < -0.3 is 28.8 Å². The molecule has 0 heterocycles. The fourth-order valence-corrected chi connectivity index (χ4v) is 11.7. The van der Waals surface area contributed by atoms with E-state index in [9.17, 15) is 19.4 Å². The van der Waals surface area contributed by atoms with E-state index in [2.05, 4.69) is 19.2 Å². The van der Waals surface area contributed by atoms with Crippen molar-refractivity contribution in [2.24, 2.45) is 0 Å². The number of nitrogens with one attached hydrogen (secondary N) is 1. The van der Waals surface area contributed by atoms with E-state index in [1.165, 1.54) is 308 Å². The highest BCUT2D eigenvalue weighted by Gasteiger charge is 2.24. The van der Waals surface area contributed by atoms with Gasteiger partial charge in [0.25, 0.3) is 7.82 Å². The van der Waals surface area contributed by atoms with Gasteiger partial charge in [0.05, 0.1) is 39.9 Å². The summed E-state index contributed by atoms with van der Waals surface area (Å²) < 4.78 is 23.5. The van der Waals surface area contributed by atoms with Crippen molar-refractivity contribution < 1.29 is 32.9 Å². The number of quaternary nitrogens is 1. The number of carbonyl (C=O) groups is 1. The van der Waals surface area contributed by atoms with E-state index in [-0.39, 0.29) is 19.1 Å². The maximum atomic E-state index is 13.0. The molecular formula is C67H137N2O6P. The Morgan fingerprint density at radius 3 is 0.895 bits per heavy atom. The number of hydrogen-bond acceptors (Lipinski definition) is 6. The Morgan fingerprint density at radius 2 is 0.645 bits per heavy atom. The van der Waals surface area contributed by atoms with Crippen molar-refractivity contribution in [3.8, 4) is 0 Å². The number of likely N-dealkylation sites (N-methyl/N-ethyl adjacent to an activating group) is 1. The molecule has 1 amide bonds. The number of carbonyl (C=O) groups excluding carboxylic acids is 1. The van der Waals surface area contributed by atoms with Gasteiger partial charge in [-0.3, -0.25) is 9.36 Å². The second kappa shape index (κ2) is 59.1. The van der Waals surface area contributed by atoms with Crippen LogP contribution in [0.4, 0.5) is 0 Å². The number of nitrogens with zero attached hydrogens (tertiary/aromatic N) is 1. The number of phosphoric ester groups is 1. The number of amides is 1. The lowest BCUT2D eigenvalue weighted by molar-refractivity contribution is -0.870. The van der Waals surface area contributed by atoms with E-state index in [1.54, 1.807) is 0 Å². The Kier molecular flexibility index (Phi) is 58.7. The van der Waals surface area contributed by atoms with E-state index >= 15 is 0 Å². The van der Waals surface area contributed by atoms with Crippen molar-refractivity contribution in [3.05, 3.63) is 0 Å². The van der Waals surface area contributed by atoms with Gasteiger partial charge in [0.2, 0.25) is 5.91 Å². The van der Waals surface area contributed by atoms with E-state index in [0.717, 1.165) is 38.5 Å². The summed E-state index contributed by atoms with van der Waals surface area (Å²) in [6, 6.07) is -0.796. The molecule has 0 aromatic rings. The molecule has 3 atom stereocenters. The third-order valence-corrected chi connectivity index (χ3v) is 17.3. The zero-order chi connectivity index (χ0) is 55.6. The third kappa shape index (κ3) is 61.1. The first kappa shape index (κ1) is 75.5. The van der Waals surface area contributed by atoms with Gasteiger partial charge in [-0.05, 0) is 12.8 Å². The Hall–Kier alpha value is -0.500. The maximum Gasteiger partial charge on any atom is 0.268 e. The lowest BCUT2D eigenvalue weighted by Crippen LogP contribution is -2.46. The molecule has 0 bridgehead atoms. The number of aliphatic hydroxyl groups excluding tert-OH is 1. The van der Waals surface area contributed by atoms with Crippen molar-refractivity contribution in [3.63, 3.8) is 0 Å². The van der Waals surface area contributed by atoms with Gasteiger partial charge in [-0.2, -0.15) is 0 Å². The second-order valence-corrected chi connectivity index (χ2v) is 26.7. The topological polar surface area (TPSA) is 108 Å². The second-order valence-electron chi connectivity index (χ2n) is 25.3. The quantitative estimate of drug-likeness (QED) is 0.0357. The van der Waals surface area contributed by atoms with Gasteiger partial charge in [0.15, 0.2) is 0 Å². The Labute approximate surface area is 476 Å². The van der Waals surface area contributed by atoms with Crippen LogP contribution in [0.5, 0.6) is 0 Å². The molecule has 456 valence electrons. The van der Waals surface area contributed by atoms with E-state index < -0.39 is 20.0 Å². The first-order valence-electron chi connectivity index (χ1n) is 34.4. The van der Waals surface area contributed by atoms with Gasteiger partial charge in [-0.25, -0.2) is 0 Å². The summed E-state index contributed by atoms with van der Waals surface area (Å²) >= 11 is 0. The van der Waals surface area contributed by atoms with Crippen LogP contribution >= 0.6 is 7.82 Å². The predicted octanol–water partition coefficient (Wildman–Crippen LogP) is 20.9.